The minimum absolute atomic E-state index is 0.170. The monoisotopic (exact) mass is 340 g/mol. The number of nitrogens with two attached hydrogens (primary N) is 1. The van der Waals surface area contributed by atoms with Crippen LogP contribution in [0.2, 0.25) is 0 Å². The zero-order valence-electron chi connectivity index (χ0n) is 10.3. The van der Waals surface area contributed by atoms with Gasteiger partial charge in [-0.1, -0.05) is 28.1 Å². The largest absolute Gasteiger partial charge is 0.456 e. The number of hydrogen-bond acceptors (Lipinski definition) is 5. The molecule has 2 N–H and O–H groups in total. The molecule has 0 aliphatic carbocycles. The van der Waals surface area contributed by atoms with Gasteiger partial charge in [0.05, 0.1) is 6.04 Å². The number of nitrogens with zero attached hydrogens (tertiary/aromatic N) is 1. The molecule has 0 aliphatic rings. The van der Waals surface area contributed by atoms with Gasteiger partial charge >= 0.3 is 5.97 Å². The normalized spacial score (nSPS) is 12.2. The number of ether oxygens (including phenoxy) is 1. The van der Waals surface area contributed by atoms with Crippen molar-refractivity contribution >= 4 is 33.2 Å². The number of hydrogen-bond donors (Lipinski definition) is 1. The number of benzene rings is 1. The molecule has 1 atom stereocenters. The second kappa shape index (κ2) is 6.27. The first-order chi connectivity index (χ1) is 9.06. The first-order valence-electron chi connectivity index (χ1n) is 5.69. The SMILES string of the molecule is CC(N)c1nc(C(=O)OCc2cccc(Br)c2)cs1. The standard InChI is InChI=1S/C13H13BrN2O2S/c1-8(15)12-16-11(7-19-12)13(17)18-6-9-3-2-4-10(14)5-9/h2-5,7-8H,6,15H2,1H3. The molecule has 6 heteroatoms. The molecule has 19 heavy (non-hydrogen) atoms. The van der Waals surface area contributed by atoms with E-state index in [9.17, 15) is 4.79 Å². The van der Waals surface area contributed by atoms with E-state index >= 15 is 0 Å². The molecule has 1 aromatic carbocycles. The van der Waals surface area contributed by atoms with Crippen LogP contribution in [0.15, 0.2) is 34.1 Å². The topological polar surface area (TPSA) is 65.2 Å². The highest BCUT2D eigenvalue weighted by atomic mass is 79.9. The minimum atomic E-state index is -0.428. The van der Waals surface area contributed by atoms with Gasteiger partial charge in [-0.05, 0) is 24.6 Å². The maximum atomic E-state index is 11.8. The zero-order chi connectivity index (χ0) is 13.8. The summed E-state index contributed by atoms with van der Waals surface area (Å²) in [4.78, 5) is 16.0. The molecule has 0 amide bonds. The third kappa shape index (κ3) is 3.86. The molecule has 4 nitrogen and oxygen atoms in total. The molecule has 0 radical (unpaired) electrons. The summed E-state index contributed by atoms with van der Waals surface area (Å²) >= 11 is 4.73. The smallest absolute Gasteiger partial charge is 0.358 e. The average Bonchev–Trinajstić information content (AvgIpc) is 2.86. The average molecular weight is 341 g/mol. The Morgan fingerprint density at radius 3 is 3.00 bits per heavy atom. The summed E-state index contributed by atoms with van der Waals surface area (Å²) in [6, 6.07) is 7.44. The minimum Gasteiger partial charge on any atom is -0.456 e. The van der Waals surface area contributed by atoms with Gasteiger partial charge in [-0.15, -0.1) is 11.3 Å². The van der Waals surface area contributed by atoms with Crippen molar-refractivity contribution in [1.29, 1.82) is 0 Å². The third-order valence-electron chi connectivity index (χ3n) is 2.38. The lowest BCUT2D eigenvalue weighted by Crippen LogP contribution is -2.08. The number of aromatic nitrogens is 1. The molecule has 100 valence electrons. The van der Waals surface area contributed by atoms with Gasteiger partial charge in [0.1, 0.15) is 11.6 Å². The lowest BCUT2D eigenvalue weighted by atomic mass is 10.2. The number of carbonyl (C=O) groups excluding carboxylic acids is 1. The molecule has 1 unspecified atom stereocenters. The fraction of sp³-hybridized carbons (Fsp3) is 0.231. The van der Waals surface area contributed by atoms with Crippen LogP contribution in [-0.4, -0.2) is 11.0 Å². The molecule has 0 saturated carbocycles. The third-order valence-corrected chi connectivity index (χ3v) is 3.92. The Morgan fingerprint density at radius 2 is 2.37 bits per heavy atom. The molecule has 0 bridgehead atoms. The summed E-state index contributed by atoms with van der Waals surface area (Å²) in [5.41, 5.74) is 6.93. The Balaban J connectivity index is 1.97. The summed E-state index contributed by atoms with van der Waals surface area (Å²) in [6.45, 7) is 2.05. The van der Waals surface area contributed by atoms with Crippen LogP contribution in [0.4, 0.5) is 0 Å². The second-order valence-electron chi connectivity index (χ2n) is 4.07. The van der Waals surface area contributed by atoms with E-state index in [4.69, 9.17) is 10.5 Å². The summed E-state index contributed by atoms with van der Waals surface area (Å²) in [6.07, 6.45) is 0. The Hall–Kier alpha value is -1.24. The van der Waals surface area contributed by atoms with Crippen molar-refractivity contribution in [3.05, 3.63) is 50.4 Å². The van der Waals surface area contributed by atoms with E-state index in [1.54, 1.807) is 5.38 Å². The van der Waals surface area contributed by atoms with E-state index in [2.05, 4.69) is 20.9 Å². The first kappa shape index (κ1) is 14.2. The van der Waals surface area contributed by atoms with E-state index < -0.39 is 5.97 Å². The quantitative estimate of drug-likeness (QED) is 0.867. The number of thiazole rings is 1. The van der Waals surface area contributed by atoms with Gasteiger partial charge in [0.25, 0.3) is 0 Å². The maximum Gasteiger partial charge on any atom is 0.358 e. The summed E-state index contributed by atoms with van der Waals surface area (Å²) < 4.78 is 6.16. The van der Waals surface area contributed by atoms with Crippen molar-refractivity contribution in [3.63, 3.8) is 0 Å². The van der Waals surface area contributed by atoms with Crippen molar-refractivity contribution in [2.75, 3.05) is 0 Å². The molecule has 0 fully saturated rings. The molecule has 0 spiro atoms. The van der Waals surface area contributed by atoms with Crippen molar-refractivity contribution in [1.82, 2.24) is 4.98 Å². The second-order valence-corrected chi connectivity index (χ2v) is 5.87. The molecule has 2 rings (SSSR count). The van der Waals surface area contributed by atoms with Crippen LogP contribution in [0.3, 0.4) is 0 Å². The van der Waals surface area contributed by atoms with Crippen molar-refractivity contribution < 1.29 is 9.53 Å². The van der Waals surface area contributed by atoms with E-state index in [1.807, 2.05) is 31.2 Å². The summed E-state index contributed by atoms with van der Waals surface area (Å²) in [5, 5.41) is 2.40. The van der Waals surface area contributed by atoms with E-state index in [-0.39, 0.29) is 12.6 Å². The van der Waals surface area contributed by atoms with E-state index in [0.29, 0.717) is 5.69 Å². The predicted octanol–water partition coefficient (Wildman–Crippen LogP) is 3.28. The summed E-state index contributed by atoms with van der Waals surface area (Å²) in [5.74, 6) is -0.428. The highest BCUT2D eigenvalue weighted by molar-refractivity contribution is 9.10. The van der Waals surface area contributed by atoms with Crippen LogP contribution in [-0.2, 0) is 11.3 Å². The molecule has 0 aliphatic heterocycles. The Kier molecular flexibility index (Phi) is 4.68. The van der Waals surface area contributed by atoms with Gasteiger partial charge in [0.15, 0.2) is 5.69 Å². The molecule has 0 saturated heterocycles. The fourth-order valence-corrected chi connectivity index (χ4v) is 2.63. The molecular formula is C13H13BrN2O2S. The van der Waals surface area contributed by atoms with Crippen LogP contribution in [0.5, 0.6) is 0 Å². The van der Waals surface area contributed by atoms with Crippen molar-refractivity contribution in [2.45, 2.75) is 19.6 Å². The highest BCUT2D eigenvalue weighted by Gasteiger charge is 2.14. The highest BCUT2D eigenvalue weighted by Crippen LogP contribution is 2.17. The zero-order valence-corrected chi connectivity index (χ0v) is 12.7. The van der Waals surface area contributed by atoms with Crippen molar-refractivity contribution in [3.8, 4) is 0 Å². The Morgan fingerprint density at radius 1 is 1.58 bits per heavy atom. The maximum absolute atomic E-state index is 11.8. The lowest BCUT2D eigenvalue weighted by molar-refractivity contribution is 0.0466. The predicted molar refractivity (Wildman–Crippen MR) is 78.0 cm³/mol. The van der Waals surface area contributed by atoms with Crippen molar-refractivity contribution in [2.24, 2.45) is 5.73 Å². The fourth-order valence-electron chi connectivity index (χ4n) is 1.44. The van der Waals surface area contributed by atoms with Gasteiger partial charge in [-0.3, -0.25) is 0 Å². The Labute approximate surface area is 123 Å². The molecule has 1 aromatic heterocycles. The van der Waals surface area contributed by atoms with Gasteiger partial charge in [0.2, 0.25) is 0 Å². The number of esters is 1. The van der Waals surface area contributed by atoms with Gasteiger partial charge in [0, 0.05) is 9.85 Å². The van der Waals surface area contributed by atoms with E-state index in [0.717, 1.165) is 15.0 Å². The van der Waals surface area contributed by atoms with Crippen LogP contribution in [0.25, 0.3) is 0 Å². The first-order valence-corrected chi connectivity index (χ1v) is 7.36. The lowest BCUT2D eigenvalue weighted by Gasteiger charge is -2.03. The van der Waals surface area contributed by atoms with Crippen LogP contribution >= 0.6 is 27.3 Å². The molecule has 2 aromatic rings. The summed E-state index contributed by atoms with van der Waals surface area (Å²) in [7, 11) is 0. The molecule has 1 heterocycles. The van der Waals surface area contributed by atoms with E-state index in [1.165, 1.54) is 11.3 Å². The van der Waals surface area contributed by atoms with Gasteiger partial charge in [-0.2, -0.15) is 0 Å². The number of rotatable bonds is 4. The van der Waals surface area contributed by atoms with Crippen LogP contribution in [0, 0.1) is 0 Å². The van der Waals surface area contributed by atoms with Crippen LogP contribution < -0.4 is 5.73 Å². The molecular weight excluding hydrogens is 328 g/mol. The number of carbonyl (C=O) groups is 1. The van der Waals surface area contributed by atoms with Gasteiger partial charge < -0.3 is 10.5 Å². The van der Waals surface area contributed by atoms with Gasteiger partial charge in [-0.25, -0.2) is 9.78 Å². The van der Waals surface area contributed by atoms with Crippen LogP contribution in [0.1, 0.15) is 34.0 Å². The number of halogens is 1. The Bertz CT molecular complexity index is 584.